The second-order valence-electron chi connectivity index (χ2n) is 6.02. The highest BCUT2D eigenvalue weighted by Crippen LogP contribution is 2.27. The molecule has 0 unspecified atom stereocenters. The molecule has 21 heavy (non-hydrogen) atoms. The van der Waals surface area contributed by atoms with Gasteiger partial charge in [0.2, 0.25) is 0 Å². The van der Waals surface area contributed by atoms with Crippen LogP contribution in [0.5, 0.6) is 0 Å². The number of sulfone groups is 1. The van der Waals surface area contributed by atoms with Gasteiger partial charge in [-0.15, -0.1) is 15.3 Å². The Kier molecular flexibility index (Phi) is 3.16. The summed E-state index contributed by atoms with van der Waals surface area (Å²) in [4.78, 5) is 2.02. The van der Waals surface area contributed by atoms with Gasteiger partial charge in [0.05, 0.1) is 10.5 Å². The molecule has 114 valence electrons. The van der Waals surface area contributed by atoms with Crippen molar-refractivity contribution in [3.05, 3.63) is 18.0 Å². The first kappa shape index (κ1) is 14.2. The molecule has 2 aromatic heterocycles. The Morgan fingerprint density at radius 1 is 1.19 bits per heavy atom. The molecular weight excluding hydrogens is 290 g/mol. The zero-order valence-corrected chi connectivity index (χ0v) is 13.3. The molecule has 0 bridgehead atoms. The van der Waals surface area contributed by atoms with Crippen molar-refractivity contribution in [3.8, 4) is 0 Å². The van der Waals surface area contributed by atoms with Crippen LogP contribution >= 0.6 is 0 Å². The minimum Gasteiger partial charge on any atom is -0.354 e. The summed E-state index contributed by atoms with van der Waals surface area (Å²) in [7, 11) is -3.08. The van der Waals surface area contributed by atoms with Crippen LogP contribution in [0.3, 0.4) is 0 Å². The van der Waals surface area contributed by atoms with Gasteiger partial charge in [-0.05, 0) is 39.3 Å². The lowest BCUT2D eigenvalue weighted by Crippen LogP contribution is -2.33. The second kappa shape index (κ2) is 4.66. The topological polar surface area (TPSA) is 80.5 Å². The highest BCUT2D eigenvalue weighted by Gasteiger charge is 2.37. The smallest absolute Gasteiger partial charge is 0.178 e. The summed E-state index contributed by atoms with van der Waals surface area (Å²) < 4.78 is 25.5. The summed E-state index contributed by atoms with van der Waals surface area (Å²) in [5, 5.41) is 12.5. The normalized spacial score (nSPS) is 21.4. The first-order valence-electron chi connectivity index (χ1n) is 6.96. The fourth-order valence-electron chi connectivity index (χ4n) is 2.46. The molecule has 1 saturated heterocycles. The van der Waals surface area contributed by atoms with Gasteiger partial charge in [-0.1, -0.05) is 0 Å². The van der Waals surface area contributed by atoms with Gasteiger partial charge in [0, 0.05) is 13.1 Å². The molecule has 3 heterocycles. The standard InChI is InChI=1S/C13H19N5O2S/c1-10-14-15-11-4-5-12(16-18(10)11)17-7-6-13(2,3)21(19,20)9-8-17/h4-5H,6-9H2,1-3H3. The van der Waals surface area contributed by atoms with E-state index in [0.717, 1.165) is 11.6 Å². The van der Waals surface area contributed by atoms with E-state index in [-0.39, 0.29) is 5.75 Å². The lowest BCUT2D eigenvalue weighted by molar-refractivity contribution is 0.537. The number of nitrogens with zero attached hydrogens (tertiary/aromatic N) is 5. The van der Waals surface area contributed by atoms with Crippen LogP contribution in [0.4, 0.5) is 5.82 Å². The molecule has 1 aliphatic heterocycles. The van der Waals surface area contributed by atoms with Crippen molar-refractivity contribution in [2.24, 2.45) is 0 Å². The number of aryl methyl sites for hydroxylation is 1. The van der Waals surface area contributed by atoms with Gasteiger partial charge in [0.15, 0.2) is 21.3 Å². The third-order valence-electron chi connectivity index (χ3n) is 4.18. The molecule has 1 aliphatic rings. The Morgan fingerprint density at radius 2 is 1.95 bits per heavy atom. The van der Waals surface area contributed by atoms with Crippen LogP contribution < -0.4 is 4.90 Å². The van der Waals surface area contributed by atoms with E-state index in [4.69, 9.17) is 0 Å². The van der Waals surface area contributed by atoms with Crippen LogP contribution in [0.15, 0.2) is 12.1 Å². The zero-order valence-electron chi connectivity index (χ0n) is 12.4. The van der Waals surface area contributed by atoms with Crippen LogP contribution in [-0.2, 0) is 9.84 Å². The predicted molar refractivity (Wildman–Crippen MR) is 80.2 cm³/mol. The van der Waals surface area contributed by atoms with Crippen molar-refractivity contribution in [1.29, 1.82) is 0 Å². The number of aromatic nitrogens is 4. The summed E-state index contributed by atoms with van der Waals surface area (Å²) in [6.07, 6.45) is 0.593. The molecule has 2 aromatic rings. The van der Waals surface area contributed by atoms with E-state index < -0.39 is 14.6 Å². The molecule has 0 aromatic carbocycles. The first-order valence-corrected chi connectivity index (χ1v) is 8.62. The molecule has 0 radical (unpaired) electrons. The maximum atomic E-state index is 12.3. The fraction of sp³-hybridized carbons (Fsp3) is 0.615. The minimum atomic E-state index is -3.08. The number of anilines is 1. The Labute approximate surface area is 123 Å². The molecule has 0 spiro atoms. The summed E-state index contributed by atoms with van der Waals surface area (Å²) in [6, 6.07) is 3.72. The Balaban J connectivity index is 1.94. The van der Waals surface area contributed by atoms with E-state index in [1.807, 2.05) is 24.0 Å². The molecular formula is C13H19N5O2S. The number of fused-ring (bicyclic) bond motifs is 1. The molecule has 0 amide bonds. The molecule has 0 aliphatic carbocycles. The summed E-state index contributed by atoms with van der Waals surface area (Å²) >= 11 is 0. The minimum absolute atomic E-state index is 0.154. The maximum absolute atomic E-state index is 12.3. The van der Waals surface area contributed by atoms with Crippen LogP contribution in [0.1, 0.15) is 26.1 Å². The monoisotopic (exact) mass is 309 g/mol. The predicted octanol–water partition coefficient (Wildman–Crippen LogP) is 0.836. The molecule has 0 saturated carbocycles. The summed E-state index contributed by atoms with van der Waals surface area (Å²) in [5.41, 5.74) is 0.694. The maximum Gasteiger partial charge on any atom is 0.178 e. The zero-order chi connectivity index (χ0) is 15.3. The highest BCUT2D eigenvalue weighted by atomic mass is 32.2. The van der Waals surface area contributed by atoms with E-state index >= 15 is 0 Å². The third-order valence-corrected chi connectivity index (χ3v) is 6.79. The van der Waals surface area contributed by atoms with Crippen molar-refractivity contribution in [1.82, 2.24) is 19.8 Å². The van der Waals surface area contributed by atoms with E-state index in [1.54, 1.807) is 18.4 Å². The van der Waals surface area contributed by atoms with Crippen LogP contribution in [-0.4, -0.2) is 51.8 Å². The third kappa shape index (κ3) is 2.37. The van der Waals surface area contributed by atoms with Gasteiger partial charge in [-0.3, -0.25) is 0 Å². The average Bonchev–Trinajstić information content (AvgIpc) is 2.74. The average molecular weight is 309 g/mol. The Morgan fingerprint density at radius 3 is 2.71 bits per heavy atom. The molecule has 7 nitrogen and oxygen atoms in total. The lowest BCUT2D eigenvalue weighted by Gasteiger charge is -2.23. The van der Waals surface area contributed by atoms with Crippen molar-refractivity contribution in [2.45, 2.75) is 31.9 Å². The van der Waals surface area contributed by atoms with Crippen molar-refractivity contribution in [3.63, 3.8) is 0 Å². The quantitative estimate of drug-likeness (QED) is 0.776. The number of rotatable bonds is 1. The Hall–Kier alpha value is -1.70. The van der Waals surface area contributed by atoms with Crippen molar-refractivity contribution >= 4 is 21.3 Å². The van der Waals surface area contributed by atoms with Crippen molar-refractivity contribution in [2.75, 3.05) is 23.7 Å². The lowest BCUT2D eigenvalue weighted by atomic mass is 10.1. The number of hydrogen-bond donors (Lipinski definition) is 0. The summed E-state index contributed by atoms with van der Waals surface area (Å²) in [5.74, 6) is 1.63. The molecule has 8 heteroatoms. The van der Waals surface area contributed by atoms with Gasteiger partial charge >= 0.3 is 0 Å². The van der Waals surface area contributed by atoms with Crippen LogP contribution in [0.2, 0.25) is 0 Å². The SMILES string of the molecule is Cc1nnc2ccc(N3CCC(C)(C)S(=O)(=O)CC3)nn12. The number of hydrogen-bond acceptors (Lipinski definition) is 6. The molecule has 0 N–H and O–H groups in total. The van der Waals surface area contributed by atoms with Crippen LogP contribution in [0.25, 0.3) is 5.65 Å². The van der Waals surface area contributed by atoms with Crippen molar-refractivity contribution < 1.29 is 8.42 Å². The Bertz CT molecular complexity index is 781. The van der Waals surface area contributed by atoms with E-state index in [2.05, 4.69) is 15.3 Å². The summed E-state index contributed by atoms with van der Waals surface area (Å²) in [6.45, 7) is 6.57. The van der Waals surface area contributed by atoms with Gasteiger partial charge in [0.25, 0.3) is 0 Å². The second-order valence-corrected chi connectivity index (χ2v) is 8.77. The van der Waals surface area contributed by atoms with Crippen LogP contribution in [0, 0.1) is 6.92 Å². The van der Waals surface area contributed by atoms with Gasteiger partial charge < -0.3 is 4.90 Å². The largest absolute Gasteiger partial charge is 0.354 e. The fourth-order valence-corrected chi connectivity index (χ4v) is 3.88. The highest BCUT2D eigenvalue weighted by molar-refractivity contribution is 7.92. The van der Waals surface area contributed by atoms with Gasteiger partial charge in [-0.25, -0.2) is 8.42 Å². The van der Waals surface area contributed by atoms with E-state index in [1.165, 1.54) is 0 Å². The van der Waals surface area contributed by atoms with E-state index in [0.29, 0.717) is 25.2 Å². The molecule has 1 fully saturated rings. The van der Waals surface area contributed by atoms with E-state index in [9.17, 15) is 8.42 Å². The molecule has 0 atom stereocenters. The van der Waals surface area contributed by atoms with Gasteiger partial charge in [-0.2, -0.15) is 4.52 Å². The first-order chi connectivity index (χ1) is 9.80. The van der Waals surface area contributed by atoms with Gasteiger partial charge in [0.1, 0.15) is 5.82 Å². The molecule has 3 rings (SSSR count).